The smallest absolute Gasteiger partial charge is 0.137 e. The van der Waals surface area contributed by atoms with Crippen molar-refractivity contribution in [1.29, 1.82) is 0 Å². The van der Waals surface area contributed by atoms with Crippen LogP contribution in [0.25, 0.3) is 0 Å². The monoisotopic (exact) mass is 282 g/mol. The molecule has 0 bridgehead atoms. The van der Waals surface area contributed by atoms with E-state index in [1.165, 1.54) is 0 Å². The van der Waals surface area contributed by atoms with Gasteiger partial charge in [-0.2, -0.15) is 0 Å². The van der Waals surface area contributed by atoms with Crippen LogP contribution in [0.3, 0.4) is 0 Å². The Labute approximate surface area is 121 Å². The number of anilines is 2. The topological polar surface area (TPSA) is 59.5 Å². The number of aromatic nitrogens is 2. The number of hydrogen-bond acceptors (Lipinski definition) is 6. The summed E-state index contributed by atoms with van der Waals surface area (Å²) in [6.07, 6.45) is 0. The highest BCUT2D eigenvalue weighted by atomic mass is 16.5. The molecule has 114 valence electrons. The van der Waals surface area contributed by atoms with E-state index in [1.807, 2.05) is 13.8 Å². The maximum absolute atomic E-state index is 5.18. The molecular formula is C14H26N4O2. The number of rotatable bonds is 9. The molecule has 1 rings (SSSR count). The van der Waals surface area contributed by atoms with Crippen LogP contribution in [0.2, 0.25) is 0 Å². The molecule has 6 nitrogen and oxygen atoms in total. The van der Waals surface area contributed by atoms with Gasteiger partial charge in [0.15, 0.2) is 0 Å². The van der Waals surface area contributed by atoms with Gasteiger partial charge in [-0.05, 0) is 20.8 Å². The largest absolute Gasteiger partial charge is 0.383 e. The lowest BCUT2D eigenvalue weighted by atomic mass is 10.2. The maximum atomic E-state index is 5.18. The fourth-order valence-electron chi connectivity index (χ4n) is 1.99. The van der Waals surface area contributed by atoms with E-state index < -0.39 is 0 Å². The van der Waals surface area contributed by atoms with Crippen LogP contribution < -0.4 is 10.2 Å². The lowest BCUT2D eigenvalue weighted by molar-refractivity contribution is 0.190. The van der Waals surface area contributed by atoms with E-state index in [2.05, 4.69) is 27.1 Å². The molecule has 0 amide bonds. The molecule has 0 saturated heterocycles. The van der Waals surface area contributed by atoms with Crippen molar-refractivity contribution < 1.29 is 9.47 Å². The molecule has 0 atom stereocenters. The second kappa shape index (κ2) is 8.71. The van der Waals surface area contributed by atoms with Gasteiger partial charge in [-0.1, -0.05) is 0 Å². The summed E-state index contributed by atoms with van der Waals surface area (Å²) in [5.74, 6) is 2.61. The van der Waals surface area contributed by atoms with Crippen molar-refractivity contribution in [2.45, 2.75) is 20.8 Å². The number of ether oxygens (including phenoxy) is 2. The summed E-state index contributed by atoms with van der Waals surface area (Å²) in [7, 11) is 3.41. The molecule has 1 N–H and O–H groups in total. The molecule has 20 heavy (non-hydrogen) atoms. The highest BCUT2D eigenvalue weighted by molar-refractivity contribution is 5.58. The number of nitrogens with zero attached hydrogens (tertiary/aromatic N) is 3. The van der Waals surface area contributed by atoms with Crippen LogP contribution in [0.1, 0.15) is 18.3 Å². The molecule has 6 heteroatoms. The first kappa shape index (κ1) is 16.7. The first-order valence-corrected chi connectivity index (χ1v) is 6.95. The van der Waals surface area contributed by atoms with Crippen molar-refractivity contribution >= 4 is 11.6 Å². The van der Waals surface area contributed by atoms with Crippen LogP contribution >= 0.6 is 0 Å². The van der Waals surface area contributed by atoms with Crippen molar-refractivity contribution in [2.24, 2.45) is 0 Å². The zero-order chi connectivity index (χ0) is 15.0. The summed E-state index contributed by atoms with van der Waals surface area (Å²) in [6.45, 7) is 9.72. The fraction of sp³-hybridized carbons (Fsp3) is 0.714. The molecule has 0 spiro atoms. The van der Waals surface area contributed by atoms with Crippen molar-refractivity contribution in [3.05, 3.63) is 11.4 Å². The Bertz CT molecular complexity index is 404. The van der Waals surface area contributed by atoms with Crippen LogP contribution in [0.15, 0.2) is 0 Å². The van der Waals surface area contributed by atoms with Crippen LogP contribution in [0.4, 0.5) is 11.6 Å². The Morgan fingerprint density at radius 3 is 2.15 bits per heavy atom. The summed E-state index contributed by atoms with van der Waals surface area (Å²) in [6, 6.07) is 0. The summed E-state index contributed by atoms with van der Waals surface area (Å²) in [5, 5.41) is 3.28. The van der Waals surface area contributed by atoms with Crippen molar-refractivity contribution in [2.75, 3.05) is 57.3 Å². The number of hydrogen-bond donors (Lipinski definition) is 1. The van der Waals surface area contributed by atoms with E-state index in [4.69, 9.17) is 9.47 Å². The molecule has 1 aromatic heterocycles. The van der Waals surface area contributed by atoms with Gasteiger partial charge in [0.05, 0.1) is 13.2 Å². The first-order valence-electron chi connectivity index (χ1n) is 6.95. The van der Waals surface area contributed by atoms with E-state index >= 15 is 0 Å². The number of methoxy groups -OCH3 is 2. The third-order valence-electron chi connectivity index (χ3n) is 3.01. The quantitative estimate of drug-likeness (QED) is 0.743. The van der Waals surface area contributed by atoms with E-state index in [0.29, 0.717) is 13.2 Å². The second-order valence-corrected chi connectivity index (χ2v) is 4.57. The summed E-state index contributed by atoms with van der Waals surface area (Å²) in [4.78, 5) is 11.2. The Balaban J connectivity index is 3.03. The molecule has 0 unspecified atom stereocenters. The van der Waals surface area contributed by atoms with Crippen LogP contribution in [-0.4, -0.2) is 57.0 Å². The van der Waals surface area contributed by atoms with E-state index in [0.717, 1.165) is 42.7 Å². The standard InChI is InChI=1S/C14H26N4O2/c1-6-15-13-11(2)14(17-12(3)16-13)18(7-9-19-4)8-10-20-5/h6-10H2,1-5H3,(H,15,16,17). The average Bonchev–Trinajstić information content (AvgIpc) is 2.43. The van der Waals surface area contributed by atoms with Crippen molar-refractivity contribution in [1.82, 2.24) is 9.97 Å². The summed E-state index contributed by atoms with van der Waals surface area (Å²) >= 11 is 0. The maximum Gasteiger partial charge on any atom is 0.137 e. The molecule has 0 aliphatic carbocycles. The molecule has 0 aliphatic heterocycles. The molecule has 0 saturated carbocycles. The van der Waals surface area contributed by atoms with Crippen LogP contribution in [0.5, 0.6) is 0 Å². The minimum atomic E-state index is 0.656. The van der Waals surface area contributed by atoms with Gasteiger partial charge in [-0.25, -0.2) is 9.97 Å². The molecular weight excluding hydrogens is 256 g/mol. The van der Waals surface area contributed by atoms with Gasteiger partial charge in [0.2, 0.25) is 0 Å². The molecule has 0 aromatic carbocycles. The molecule has 0 fully saturated rings. The van der Waals surface area contributed by atoms with Gasteiger partial charge in [0.1, 0.15) is 17.5 Å². The minimum absolute atomic E-state index is 0.656. The van der Waals surface area contributed by atoms with Gasteiger partial charge < -0.3 is 19.7 Å². The predicted octanol–water partition coefficient (Wildman–Crippen LogP) is 1.62. The van der Waals surface area contributed by atoms with Gasteiger partial charge in [0.25, 0.3) is 0 Å². The Hall–Kier alpha value is -1.40. The van der Waals surface area contributed by atoms with E-state index in [9.17, 15) is 0 Å². The van der Waals surface area contributed by atoms with Crippen LogP contribution in [0, 0.1) is 13.8 Å². The predicted molar refractivity (Wildman–Crippen MR) is 81.6 cm³/mol. The number of nitrogens with one attached hydrogen (secondary N) is 1. The summed E-state index contributed by atoms with van der Waals surface area (Å²) < 4.78 is 10.4. The zero-order valence-corrected chi connectivity index (χ0v) is 13.2. The Morgan fingerprint density at radius 2 is 1.65 bits per heavy atom. The van der Waals surface area contributed by atoms with Crippen molar-refractivity contribution in [3.63, 3.8) is 0 Å². The second-order valence-electron chi connectivity index (χ2n) is 4.57. The minimum Gasteiger partial charge on any atom is -0.383 e. The zero-order valence-electron chi connectivity index (χ0n) is 13.2. The van der Waals surface area contributed by atoms with Crippen LogP contribution in [-0.2, 0) is 9.47 Å². The highest BCUT2D eigenvalue weighted by Gasteiger charge is 2.15. The average molecular weight is 282 g/mol. The Morgan fingerprint density at radius 1 is 1.05 bits per heavy atom. The van der Waals surface area contributed by atoms with Gasteiger partial charge in [-0.3, -0.25) is 0 Å². The number of aryl methyl sites for hydroxylation is 1. The normalized spacial score (nSPS) is 10.7. The third-order valence-corrected chi connectivity index (χ3v) is 3.01. The van der Waals surface area contributed by atoms with Gasteiger partial charge in [-0.15, -0.1) is 0 Å². The van der Waals surface area contributed by atoms with E-state index in [-0.39, 0.29) is 0 Å². The molecule has 0 radical (unpaired) electrons. The van der Waals surface area contributed by atoms with Gasteiger partial charge in [0, 0.05) is 39.4 Å². The van der Waals surface area contributed by atoms with Gasteiger partial charge >= 0.3 is 0 Å². The third kappa shape index (κ3) is 4.61. The molecule has 1 heterocycles. The first-order chi connectivity index (χ1) is 9.63. The highest BCUT2D eigenvalue weighted by Crippen LogP contribution is 2.23. The van der Waals surface area contributed by atoms with Crippen molar-refractivity contribution in [3.8, 4) is 0 Å². The van der Waals surface area contributed by atoms with E-state index in [1.54, 1.807) is 14.2 Å². The summed E-state index contributed by atoms with van der Waals surface area (Å²) in [5.41, 5.74) is 1.06. The fourth-order valence-corrected chi connectivity index (χ4v) is 1.99. The Kier molecular flexibility index (Phi) is 7.25. The lowest BCUT2D eigenvalue weighted by Crippen LogP contribution is -2.32. The molecule has 0 aliphatic rings. The lowest BCUT2D eigenvalue weighted by Gasteiger charge is -2.26. The molecule has 1 aromatic rings. The SMILES string of the molecule is CCNc1nc(C)nc(N(CCOC)CCOC)c1C.